The Morgan fingerprint density at radius 2 is 1.76 bits per heavy atom. The molecule has 0 fully saturated rings. The fourth-order valence-electron chi connectivity index (χ4n) is 2.52. The van der Waals surface area contributed by atoms with Crippen LogP contribution in [0.15, 0.2) is 71.7 Å². The molecule has 3 aromatic rings. The lowest BCUT2D eigenvalue weighted by molar-refractivity contribution is 0.102. The van der Waals surface area contributed by atoms with E-state index < -0.39 is 0 Å². The number of carbonyl (C=O) groups excluding carboxylic acids is 1. The van der Waals surface area contributed by atoms with E-state index in [-0.39, 0.29) is 11.5 Å². The molecular weight excluding hydrogens is 336 g/mol. The zero-order chi connectivity index (χ0) is 17.8. The minimum atomic E-state index is -0.313. The Kier molecular flexibility index (Phi) is 5.00. The number of benzene rings is 2. The number of aromatic nitrogens is 1. The van der Waals surface area contributed by atoms with E-state index in [4.69, 9.17) is 11.6 Å². The van der Waals surface area contributed by atoms with Crippen molar-refractivity contribution in [1.29, 1.82) is 0 Å². The number of pyridine rings is 1. The first-order valence-electron chi connectivity index (χ1n) is 7.85. The normalized spacial score (nSPS) is 10.5. The summed E-state index contributed by atoms with van der Waals surface area (Å²) in [6, 6.07) is 17.8. The lowest BCUT2D eigenvalue weighted by Crippen LogP contribution is -2.23. The first kappa shape index (κ1) is 17.0. The standard InChI is InChI=1S/C20H17ClN2O2/c1-14-6-2-3-7-15(14)12-23-13-16(10-11-19(23)24)20(25)22-18-9-5-4-8-17(18)21/h2-11,13H,12H2,1H3,(H,22,25). The lowest BCUT2D eigenvalue weighted by atomic mass is 10.1. The molecule has 126 valence electrons. The quantitative estimate of drug-likeness (QED) is 0.768. The molecule has 0 saturated heterocycles. The van der Waals surface area contributed by atoms with Crippen molar-refractivity contribution in [3.8, 4) is 0 Å². The second kappa shape index (κ2) is 7.36. The average molecular weight is 353 g/mol. The zero-order valence-electron chi connectivity index (χ0n) is 13.7. The molecule has 1 amide bonds. The van der Waals surface area contributed by atoms with Gasteiger partial charge < -0.3 is 9.88 Å². The predicted molar refractivity (Wildman–Crippen MR) is 100 cm³/mol. The summed E-state index contributed by atoms with van der Waals surface area (Å²) < 4.78 is 1.53. The van der Waals surface area contributed by atoms with Crippen LogP contribution in [0.5, 0.6) is 0 Å². The highest BCUT2D eigenvalue weighted by molar-refractivity contribution is 6.33. The van der Waals surface area contributed by atoms with Gasteiger partial charge in [-0.2, -0.15) is 0 Å². The summed E-state index contributed by atoms with van der Waals surface area (Å²) in [6.45, 7) is 2.41. The minimum Gasteiger partial charge on any atom is -0.321 e. The highest BCUT2D eigenvalue weighted by Crippen LogP contribution is 2.21. The second-order valence-corrected chi connectivity index (χ2v) is 6.15. The van der Waals surface area contributed by atoms with Crippen molar-refractivity contribution in [1.82, 2.24) is 4.57 Å². The Morgan fingerprint density at radius 3 is 2.52 bits per heavy atom. The molecule has 0 atom stereocenters. The zero-order valence-corrected chi connectivity index (χ0v) is 14.5. The van der Waals surface area contributed by atoms with Crippen molar-refractivity contribution in [3.05, 3.63) is 98.9 Å². The molecule has 0 aliphatic heterocycles. The number of hydrogen-bond acceptors (Lipinski definition) is 2. The van der Waals surface area contributed by atoms with Gasteiger partial charge in [-0.25, -0.2) is 0 Å². The third kappa shape index (κ3) is 3.98. The van der Waals surface area contributed by atoms with Crippen LogP contribution in [0.2, 0.25) is 5.02 Å². The first-order chi connectivity index (χ1) is 12.0. The number of halogens is 1. The molecule has 0 unspecified atom stereocenters. The van der Waals surface area contributed by atoms with Crippen LogP contribution in [0.1, 0.15) is 21.5 Å². The Balaban J connectivity index is 1.86. The predicted octanol–water partition coefficient (Wildman–Crippen LogP) is 4.11. The van der Waals surface area contributed by atoms with Gasteiger partial charge in [-0.3, -0.25) is 9.59 Å². The molecule has 0 aliphatic rings. The van der Waals surface area contributed by atoms with Gasteiger partial charge in [0.2, 0.25) is 0 Å². The van der Waals surface area contributed by atoms with Gasteiger partial charge in [-0.1, -0.05) is 48.0 Å². The molecule has 1 aromatic heterocycles. The maximum absolute atomic E-state index is 12.5. The summed E-state index contributed by atoms with van der Waals surface area (Å²) in [5.41, 5.74) is 2.91. The molecule has 5 heteroatoms. The van der Waals surface area contributed by atoms with E-state index in [1.54, 1.807) is 30.5 Å². The van der Waals surface area contributed by atoms with Crippen molar-refractivity contribution in [2.75, 3.05) is 5.32 Å². The van der Waals surface area contributed by atoms with E-state index in [0.29, 0.717) is 22.8 Å². The van der Waals surface area contributed by atoms with Crippen molar-refractivity contribution in [2.24, 2.45) is 0 Å². The van der Waals surface area contributed by atoms with Gasteiger partial charge in [0.15, 0.2) is 0 Å². The summed E-state index contributed by atoms with van der Waals surface area (Å²) in [6.07, 6.45) is 1.57. The lowest BCUT2D eigenvalue weighted by Gasteiger charge is -2.11. The fourth-order valence-corrected chi connectivity index (χ4v) is 2.70. The van der Waals surface area contributed by atoms with Crippen LogP contribution in [-0.2, 0) is 6.54 Å². The Hall–Kier alpha value is -2.85. The molecular formula is C20H17ClN2O2. The molecule has 0 saturated carbocycles. The van der Waals surface area contributed by atoms with Crippen molar-refractivity contribution in [2.45, 2.75) is 13.5 Å². The maximum atomic E-state index is 12.5. The smallest absolute Gasteiger partial charge is 0.257 e. The molecule has 25 heavy (non-hydrogen) atoms. The largest absolute Gasteiger partial charge is 0.321 e. The molecule has 4 nitrogen and oxygen atoms in total. The second-order valence-electron chi connectivity index (χ2n) is 5.74. The van der Waals surface area contributed by atoms with E-state index in [1.807, 2.05) is 31.2 Å². The van der Waals surface area contributed by atoms with Gasteiger partial charge in [0.1, 0.15) is 0 Å². The van der Waals surface area contributed by atoms with Gasteiger partial charge in [-0.05, 0) is 36.2 Å². The number of aryl methyl sites for hydroxylation is 1. The van der Waals surface area contributed by atoms with Crippen LogP contribution in [-0.4, -0.2) is 10.5 Å². The molecule has 0 spiro atoms. The van der Waals surface area contributed by atoms with Crippen LogP contribution in [0.4, 0.5) is 5.69 Å². The number of nitrogens with one attached hydrogen (secondary N) is 1. The van der Waals surface area contributed by atoms with Crippen LogP contribution >= 0.6 is 11.6 Å². The number of nitrogens with zero attached hydrogens (tertiary/aromatic N) is 1. The van der Waals surface area contributed by atoms with E-state index in [2.05, 4.69) is 5.32 Å². The topological polar surface area (TPSA) is 51.1 Å². The number of amides is 1. The highest BCUT2D eigenvalue weighted by atomic mass is 35.5. The molecule has 1 N–H and O–H groups in total. The molecule has 0 bridgehead atoms. The number of hydrogen-bond donors (Lipinski definition) is 1. The van der Waals surface area contributed by atoms with E-state index in [1.165, 1.54) is 16.7 Å². The van der Waals surface area contributed by atoms with Gasteiger partial charge in [-0.15, -0.1) is 0 Å². The van der Waals surface area contributed by atoms with Crippen LogP contribution < -0.4 is 10.9 Å². The van der Waals surface area contributed by atoms with Crippen LogP contribution in [0.3, 0.4) is 0 Å². The maximum Gasteiger partial charge on any atom is 0.257 e. The fraction of sp³-hybridized carbons (Fsp3) is 0.100. The van der Waals surface area contributed by atoms with E-state index in [9.17, 15) is 9.59 Å². The number of anilines is 1. The summed E-state index contributed by atoms with van der Waals surface area (Å²) in [4.78, 5) is 24.6. The van der Waals surface area contributed by atoms with Gasteiger partial charge in [0.25, 0.3) is 11.5 Å². The van der Waals surface area contributed by atoms with Crippen LogP contribution in [0, 0.1) is 6.92 Å². The molecule has 3 rings (SSSR count). The van der Waals surface area contributed by atoms with Crippen molar-refractivity contribution >= 4 is 23.2 Å². The average Bonchev–Trinajstić information content (AvgIpc) is 2.60. The number of rotatable bonds is 4. The Morgan fingerprint density at radius 1 is 1.04 bits per heavy atom. The number of carbonyl (C=O) groups is 1. The van der Waals surface area contributed by atoms with E-state index >= 15 is 0 Å². The Bertz CT molecular complexity index is 979. The van der Waals surface area contributed by atoms with Crippen molar-refractivity contribution < 1.29 is 4.79 Å². The number of para-hydroxylation sites is 1. The monoisotopic (exact) mass is 352 g/mol. The summed E-state index contributed by atoms with van der Waals surface area (Å²) in [5, 5.41) is 3.22. The van der Waals surface area contributed by atoms with Gasteiger partial charge in [0.05, 0.1) is 22.8 Å². The minimum absolute atomic E-state index is 0.155. The van der Waals surface area contributed by atoms with Crippen LogP contribution in [0.25, 0.3) is 0 Å². The Labute approximate surface area is 150 Å². The summed E-state index contributed by atoms with van der Waals surface area (Å²) >= 11 is 6.07. The van der Waals surface area contributed by atoms with Gasteiger partial charge in [0, 0.05) is 12.3 Å². The third-order valence-corrected chi connectivity index (χ3v) is 4.30. The molecule has 0 radical (unpaired) electrons. The third-order valence-electron chi connectivity index (χ3n) is 3.97. The van der Waals surface area contributed by atoms with Gasteiger partial charge >= 0.3 is 0 Å². The molecule has 1 heterocycles. The highest BCUT2D eigenvalue weighted by Gasteiger charge is 2.10. The first-order valence-corrected chi connectivity index (χ1v) is 8.23. The molecule has 0 aliphatic carbocycles. The summed E-state index contributed by atoms with van der Waals surface area (Å²) in [7, 11) is 0. The SMILES string of the molecule is Cc1ccccc1Cn1cc(C(=O)Nc2ccccc2Cl)ccc1=O. The van der Waals surface area contributed by atoms with Crippen molar-refractivity contribution in [3.63, 3.8) is 0 Å². The summed E-state index contributed by atoms with van der Waals surface area (Å²) in [5.74, 6) is -0.313. The van der Waals surface area contributed by atoms with E-state index in [0.717, 1.165) is 11.1 Å². The molecule has 2 aromatic carbocycles.